The number of nitrogens with zero attached hydrogens (tertiary/aromatic N) is 1. The molecule has 0 aromatic heterocycles. The molecule has 0 aliphatic heterocycles. The number of nitriles is 1. The molecule has 0 bridgehead atoms. The first kappa shape index (κ1) is 15.4. The maximum atomic E-state index is 9.74. The van der Waals surface area contributed by atoms with Crippen molar-refractivity contribution in [1.82, 2.24) is 0 Å². The second-order valence-electron chi connectivity index (χ2n) is 5.56. The Kier molecular flexibility index (Phi) is 5.40. The quantitative estimate of drug-likeness (QED) is 0.608. The van der Waals surface area contributed by atoms with Crippen molar-refractivity contribution in [2.24, 2.45) is 0 Å². The maximum absolute atomic E-state index is 9.74. The lowest BCUT2D eigenvalue weighted by Gasteiger charge is -2.39. The summed E-state index contributed by atoms with van der Waals surface area (Å²) < 4.78 is 5.99. The van der Waals surface area contributed by atoms with Crippen LogP contribution in [0.4, 0.5) is 0 Å². The fourth-order valence-electron chi connectivity index (χ4n) is 1.01. The molecule has 0 saturated carbocycles. The van der Waals surface area contributed by atoms with E-state index in [0.29, 0.717) is 0 Å². The highest BCUT2D eigenvalue weighted by atomic mass is 28.4. The highest BCUT2D eigenvalue weighted by molar-refractivity contribution is 6.74. The number of rotatable bonds is 4. The third-order valence-corrected chi connectivity index (χ3v) is 7.71. The number of hydrogen-bond donors (Lipinski definition) is 1. The Balaban J connectivity index is 4.51. The van der Waals surface area contributed by atoms with Crippen molar-refractivity contribution >= 4 is 8.32 Å². The molecule has 0 aliphatic rings. The minimum Gasteiger partial charge on any atom is -0.411 e. The summed E-state index contributed by atoms with van der Waals surface area (Å²) >= 11 is 0. The molecule has 0 aliphatic carbocycles. The number of hydrogen-bond acceptors (Lipinski definition) is 3. The Morgan fingerprint density at radius 2 is 1.88 bits per heavy atom. The molecule has 0 rings (SSSR count). The molecular weight excluding hydrogens is 218 g/mol. The van der Waals surface area contributed by atoms with Gasteiger partial charge in [-0.15, -0.1) is 0 Å². The molecule has 0 spiro atoms. The van der Waals surface area contributed by atoms with Gasteiger partial charge in [-0.25, -0.2) is 0 Å². The van der Waals surface area contributed by atoms with Crippen molar-refractivity contribution in [3.8, 4) is 6.07 Å². The van der Waals surface area contributed by atoms with Gasteiger partial charge in [0.15, 0.2) is 8.32 Å². The Bertz CT molecular complexity index is 286. The van der Waals surface area contributed by atoms with Crippen LogP contribution < -0.4 is 0 Å². The second-order valence-corrected chi connectivity index (χ2v) is 10.3. The van der Waals surface area contributed by atoms with Crippen LogP contribution in [-0.2, 0) is 4.43 Å². The lowest BCUT2D eigenvalue weighted by atomic mass is 10.2. The fourth-order valence-corrected chi connectivity index (χ4v) is 2.43. The molecule has 3 nitrogen and oxygen atoms in total. The summed E-state index contributed by atoms with van der Waals surface area (Å²) in [5.74, 6) is 0. The predicted octanol–water partition coefficient (Wildman–Crippen LogP) is 2.84. The first-order valence-corrected chi connectivity index (χ1v) is 8.45. The monoisotopic (exact) mass is 241 g/mol. The van der Waals surface area contributed by atoms with Crippen LogP contribution in [-0.4, -0.2) is 25.6 Å². The third-order valence-electron chi connectivity index (χ3n) is 3.14. The van der Waals surface area contributed by atoms with Crippen molar-refractivity contribution in [2.45, 2.75) is 58.0 Å². The number of allylic oxidation sites excluding steroid dienone is 1. The summed E-state index contributed by atoms with van der Waals surface area (Å²) in [6, 6.07) is 1.86. The Morgan fingerprint density at radius 3 is 2.25 bits per heavy atom. The van der Waals surface area contributed by atoms with Crippen molar-refractivity contribution in [1.29, 1.82) is 5.26 Å². The van der Waals surface area contributed by atoms with Gasteiger partial charge in [0, 0.05) is 6.08 Å². The summed E-state index contributed by atoms with van der Waals surface area (Å²) in [5, 5.41) is 18.2. The van der Waals surface area contributed by atoms with Crippen LogP contribution in [0, 0.1) is 11.3 Å². The SMILES string of the molecule is CC(O[Si](C)(C)C(C)(C)C)C(O)/C=C/C#N. The zero-order valence-corrected chi connectivity index (χ0v) is 12.1. The van der Waals surface area contributed by atoms with Crippen LogP contribution in [0.1, 0.15) is 27.7 Å². The number of aliphatic hydroxyl groups excluding tert-OH is 1. The van der Waals surface area contributed by atoms with E-state index < -0.39 is 14.4 Å². The van der Waals surface area contributed by atoms with Crippen LogP contribution in [0.25, 0.3) is 0 Å². The summed E-state index contributed by atoms with van der Waals surface area (Å²) in [6.07, 6.45) is 1.77. The van der Waals surface area contributed by atoms with E-state index in [0.717, 1.165) is 0 Å². The average molecular weight is 241 g/mol. The van der Waals surface area contributed by atoms with Crippen LogP contribution in [0.3, 0.4) is 0 Å². The van der Waals surface area contributed by atoms with Crippen LogP contribution >= 0.6 is 0 Å². The van der Waals surface area contributed by atoms with Gasteiger partial charge in [0.05, 0.1) is 18.3 Å². The molecule has 0 aromatic carbocycles. The molecule has 2 unspecified atom stereocenters. The van der Waals surface area contributed by atoms with Gasteiger partial charge in [0.1, 0.15) is 0 Å². The van der Waals surface area contributed by atoms with E-state index in [1.807, 2.05) is 13.0 Å². The van der Waals surface area contributed by atoms with E-state index in [2.05, 4.69) is 33.9 Å². The van der Waals surface area contributed by atoms with Gasteiger partial charge in [0.2, 0.25) is 0 Å². The van der Waals surface area contributed by atoms with E-state index in [9.17, 15) is 5.11 Å². The third kappa shape index (κ3) is 4.48. The van der Waals surface area contributed by atoms with E-state index >= 15 is 0 Å². The Labute approximate surface area is 99.9 Å². The zero-order valence-electron chi connectivity index (χ0n) is 11.1. The minimum absolute atomic E-state index is 0.125. The average Bonchev–Trinajstić information content (AvgIpc) is 2.11. The molecule has 0 amide bonds. The molecular formula is C12H23NO2Si. The van der Waals surface area contributed by atoms with Gasteiger partial charge in [-0.05, 0) is 31.1 Å². The first-order chi connectivity index (χ1) is 7.12. The van der Waals surface area contributed by atoms with Gasteiger partial charge in [-0.1, -0.05) is 20.8 Å². The standard InChI is InChI=1S/C12H23NO2Si/c1-10(11(14)8-7-9-13)15-16(5,6)12(2,3)4/h7-8,10-11,14H,1-6H3/b8-7+. The van der Waals surface area contributed by atoms with Gasteiger partial charge in [-0.3, -0.25) is 0 Å². The van der Waals surface area contributed by atoms with E-state index in [-0.39, 0.29) is 11.1 Å². The topological polar surface area (TPSA) is 53.2 Å². The van der Waals surface area contributed by atoms with Gasteiger partial charge in [-0.2, -0.15) is 5.26 Å². The van der Waals surface area contributed by atoms with Gasteiger partial charge < -0.3 is 9.53 Å². The van der Waals surface area contributed by atoms with Crippen LogP contribution in [0.5, 0.6) is 0 Å². The normalized spacial score (nSPS) is 17.1. The molecule has 0 aromatic rings. The maximum Gasteiger partial charge on any atom is 0.192 e. The molecule has 2 atom stereocenters. The van der Waals surface area contributed by atoms with Crippen molar-refractivity contribution in [3.05, 3.63) is 12.2 Å². The molecule has 0 fully saturated rings. The smallest absolute Gasteiger partial charge is 0.192 e. The molecule has 16 heavy (non-hydrogen) atoms. The van der Waals surface area contributed by atoms with Crippen molar-refractivity contribution < 1.29 is 9.53 Å². The van der Waals surface area contributed by atoms with Gasteiger partial charge >= 0.3 is 0 Å². The van der Waals surface area contributed by atoms with Crippen molar-refractivity contribution in [2.75, 3.05) is 0 Å². The van der Waals surface area contributed by atoms with E-state index in [1.165, 1.54) is 12.2 Å². The largest absolute Gasteiger partial charge is 0.411 e. The molecule has 0 radical (unpaired) electrons. The highest BCUT2D eigenvalue weighted by Crippen LogP contribution is 2.37. The lowest BCUT2D eigenvalue weighted by molar-refractivity contribution is 0.0693. The van der Waals surface area contributed by atoms with Crippen LogP contribution in [0.15, 0.2) is 12.2 Å². The van der Waals surface area contributed by atoms with Crippen LogP contribution in [0.2, 0.25) is 18.1 Å². The summed E-state index contributed by atoms with van der Waals surface area (Å²) in [4.78, 5) is 0. The fraction of sp³-hybridized carbons (Fsp3) is 0.750. The summed E-state index contributed by atoms with van der Waals surface area (Å²) in [7, 11) is -1.85. The Hall–Kier alpha value is -0.633. The predicted molar refractivity (Wildman–Crippen MR) is 68.5 cm³/mol. The Morgan fingerprint density at radius 1 is 1.38 bits per heavy atom. The number of aliphatic hydroxyl groups is 1. The first-order valence-electron chi connectivity index (χ1n) is 5.54. The minimum atomic E-state index is -1.85. The van der Waals surface area contributed by atoms with E-state index in [4.69, 9.17) is 9.69 Å². The van der Waals surface area contributed by atoms with Crippen molar-refractivity contribution in [3.63, 3.8) is 0 Å². The van der Waals surface area contributed by atoms with Gasteiger partial charge in [0.25, 0.3) is 0 Å². The molecule has 0 saturated heterocycles. The lowest BCUT2D eigenvalue weighted by Crippen LogP contribution is -2.45. The molecule has 92 valence electrons. The molecule has 4 heteroatoms. The highest BCUT2D eigenvalue weighted by Gasteiger charge is 2.39. The zero-order chi connectivity index (χ0) is 13.0. The molecule has 1 N–H and O–H groups in total. The molecule has 0 heterocycles. The van der Waals surface area contributed by atoms with E-state index in [1.54, 1.807) is 0 Å². The summed E-state index contributed by atoms with van der Waals surface area (Å²) in [6.45, 7) is 12.6. The summed E-state index contributed by atoms with van der Waals surface area (Å²) in [5.41, 5.74) is 0. The second kappa shape index (κ2) is 5.62.